The van der Waals surface area contributed by atoms with E-state index in [9.17, 15) is 0 Å². The van der Waals surface area contributed by atoms with E-state index >= 15 is 0 Å². The Labute approximate surface area is 131 Å². The molecule has 2 unspecified atom stereocenters. The summed E-state index contributed by atoms with van der Waals surface area (Å²) in [4.78, 5) is 1.25. The lowest BCUT2D eigenvalue weighted by molar-refractivity contribution is 0.0629. The zero-order valence-electron chi connectivity index (χ0n) is 11.1. The van der Waals surface area contributed by atoms with Gasteiger partial charge in [0.25, 0.3) is 0 Å². The Morgan fingerprint density at radius 2 is 2.15 bits per heavy atom. The van der Waals surface area contributed by atoms with E-state index in [1.54, 1.807) is 11.3 Å². The van der Waals surface area contributed by atoms with E-state index < -0.39 is 0 Å². The Hall–Kier alpha value is -1.04. The van der Waals surface area contributed by atoms with Crippen molar-refractivity contribution in [2.75, 3.05) is 13.2 Å². The minimum Gasteiger partial charge on any atom is -0.486 e. The van der Waals surface area contributed by atoms with Gasteiger partial charge in [-0.05, 0) is 46.1 Å². The van der Waals surface area contributed by atoms with Crippen LogP contribution >= 0.6 is 27.3 Å². The molecule has 1 aromatic carbocycles. The first-order valence-electron chi connectivity index (χ1n) is 6.64. The number of para-hydroxylation sites is 2. The minimum atomic E-state index is -0.0280. The van der Waals surface area contributed by atoms with Crippen molar-refractivity contribution >= 4 is 27.3 Å². The van der Waals surface area contributed by atoms with Crippen molar-refractivity contribution in [3.8, 4) is 11.5 Å². The van der Waals surface area contributed by atoms with Crippen LogP contribution in [0.25, 0.3) is 0 Å². The number of benzene rings is 1. The molecule has 3 nitrogen and oxygen atoms in total. The van der Waals surface area contributed by atoms with Gasteiger partial charge in [0.2, 0.25) is 0 Å². The molecule has 0 saturated heterocycles. The quantitative estimate of drug-likeness (QED) is 0.900. The van der Waals surface area contributed by atoms with Gasteiger partial charge >= 0.3 is 0 Å². The summed E-state index contributed by atoms with van der Waals surface area (Å²) in [6.45, 7) is 3.54. The fraction of sp³-hybridized carbons (Fsp3) is 0.333. The molecule has 0 aliphatic carbocycles. The first-order valence-corrected chi connectivity index (χ1v) is 8.31. The molecule has 1 aromatic heterocycles. The van der Waals surface area contributed by atoms with Crippen LogP contribution < -0.4 is 14.8 Å². The molecule has 106 valence electrons. The molecule has 5 heteroatoms. The van der Waals surface area contributed by atoms with Gasteiger partial charge in [0, 0.05) is 9.35 Å². The number of hydrogen-bond acceptors (Lipinski definition) is 4. The lowest BCUT2D eigenvalue weighted by atomic mass is 10.1. The molecular weight excluding hydrogens is 338 g/mol. The Kier molecular flexibility index (Phi) is 4.29. The van der Waals surface area contributed by atoms with Crippen LogP contribution in [-0.4, -0.2) is 19.3 Å². The molecule has 0 saturated carbocycles. The topological polar surface area (TPSA) is 30.5 Å². The van der Waals surface area contributed by atoms with Crippen LogP contribution in [0, 0.1) is 0 Å². The molecule has 2 atom stereocenters. The third kappa shape index (κ3) is 2.71. The Balaban J connectivity index is 1.85. The van der Waals surface area contributed by atoms with E-state index in [0.717, 1.165) is 22.5 Å². The van der Waals surface area contributed by atoms with Crippen molar-refractivity contribution in [1.82, 2.24) is 5.32 Å². The molecule has 0 amide bonds. The van der Waals surface area contributed by atoms with E-state index in [1.807, 2.05) is 24.3 Å². The number of rotatable bonds is 4. The molecule has 0 radical (unpaired) electrons. The molecule has 1 N–H and O–H groups in total. The van der Waals surface area contributed by atoms with Crippen LogP contribution in [0.4, 0.5) is 0 Å². The normalized spacial score (nSPS) is 18.8. The summed E-state index contributed by atoms with van der Waals surface area (Å²) < 4.78 is 13.1. The number of nitrogens with one attached hydrogen (secondary N) is 1. The highest BCUT2D eigenvalue weighted by Crippen LogP contribution is 2.37. The number of ether oxygens (including phenoxy) is 2. The van der Waals surface area contributed by atoms with Gasteiger partial charge in [-0.15, -0.1) is 11.3 Å². The monoisotopic (exact) mass is 353 g/mol. The number of likely N-dealkylation sites (N-methyl/N-ethyl adjacent to an activating group) is 1. The van der Waals surface area contributed by atoms with E-state index in [4.69, 9.17) is 9.47 Å². The van der Waals surface area contributed by atoms with Crippen molar-refractivity contribution in [1.29, 1.82) is 0 Å². The summed E-state index contributed by atoms with van der Waals surface area (Å²) in [5.41, 5.74) is 0. The lowest BCUT2D eigenvalue weighted by Crippen LogP contribution is -2.41. The minimum absolute atomic E-state index is 0.0280. The van der Waals surface area contributed by atoms with Gasteiger partial charge in [-0.3, -0.25) is 0 Å². The molecule has 20 heavy (non-hydrogen) atoms. The molecule has 1 aliphatic rings. The van der Waals surface area contributed by atoms with Crippen LogP contribution in [0.1, 0.15) is 17.8 Å². The molecular formula is C15H16BrNO2S. The Morgan fingerprint density at radius 3 is 2.85 bits per heavy atom. The van der Waals surface area contributed by atoms with Gasteiger partial charge < -0.3 is 14.8 Å². The molecule has 0 spiro atoms. The summed E-state index contributed by atoms with van der Waals surface area (Å²) in [6.07, 6.45) is -0.0280. The number of halogens is 1. The second-order valence-corrected chi connectivity index (χ2v) is 6.38. The second kappa shape index (κ2) is 6.16. The maximum atomic E-state index is 6.12. The summed E-state index contributed by atoms with van der Waals surface area (Å²) in [7, 11) is 0. The van der Waals surface area contributed by atoms with Crippen LogP contribution in [0.5, 0.6) is 11.5 Å². The second-order valence-electron chi connectivity index (χ2n) is 4.58. The van der Waals surface area contributed by atoms with E-state index in [0.29, 0.717) is 6.61 Å². The number of thiophene rings is 1. The first kappa shape index (κ1) is 13.9. The molecule has 0 fully saturated rings. The fourth-order valence-corrected chi connectivity index (χ4v) is 4.09. The van der Waals surface area contributed by atoms with Gasteiger partial charge in [0.15, 0.2) is 17.6 Å². The van der Waals surface area contributed by atoms with Gasteiger partial charge in [0.05, 0.1) is 6.04 Å². The highest BCUT2D eigenvalue weighted by atomic mass is 79.9. The standard InChI is InChI=1S/C15H16BrNO2S/c1-2-17-14(15-10(16)7-8-20-15)13-9-18-11-5-3-4-6-12(11)19-13/h3-8,13-14,17H,2,9H2,1H3. The molecule has 2 heterocycles. The molecule has 3 rings (SSSR count). The smallest absolute Gasteiger partial charge is 0.161 e. The summed E-state index contributed by atoms with van der Waals surface area (Å²) in [5, 5.41) is 5.59. The third-order valence-corrected chi connectivity index (χ3v) is 5.21. The van der Waals surface area contributed by atoms with E-state index in [-0.39, 0.29) is 12.1 Å². The number of fused-ring (bicyclic) bond motifs is 1. The molecule has 2 aromatic rings. The number of hydrogen-bond donors (Lipinski definition) is 1. The van der Waals surface area contributed by atoms with E-state index in [2.05, 4.69) is 39.6 Å². The maximum Gasteiger partial charge on any atom is 0.161 e. The van der Waals surface area contributed by atoms with Crippen molar-refractivity contribution < 1.29 is 9.47 Å². The zero-order valence-corrected chi connectivity index (χ0v) is 13.5. The Bertz CT molecular complexity index is 587. The molecule has 1 aliphatic heterocycles. The van der Waals surface area contributed by atoms with Crippen LogP contribution in [0.2, 0.25) is 0 Å². The lowest BCUT2D eigenvalue weighted by Gasteiger charge is -2.32. The fourth-order valence-electron chi connectivity index (χ4n) is 2.34. The molecule has 0 bridgehead atoms. The maximum absolute atomic E-state index is 6.12. The zero-order chi connectivity index (χ0) is 13.9. The summed E-state index contributed by atoms with van der Waals surface area (Å²) in [6, 6.07) is 10.0. The van der Waals surface area contributed by atoms with Gasteiger partial charge in [-0.1, -0.05) is 19.1 Å². The van der Waals surface area contributed by atoms with Crippen molar-refractivity contribution in [2.45, 2.75) is 19.1 Å². The van der Waals surface area contributed by atoms with Gasteiger partial charge in [-0.2, -0.15) is 0 Å². The average molecular weight is 354 g/mol. The van der Waals surface area contributed by atoms with Crippen molar-refractivity contribution in [2.24, 2.45) is 0 Å². The first-order chi connectivity index (χ1) is 9.79. The third-order valence-electron chi connectivity index (χ3n) is 3.25. The van der Waals surface area contributed by atoms with Crippen LogP contribution in [-0.2, 0) is 0 Å². The summed E-state index contributed by atoms with van der Waals surface area (Å²) >= 11 is 5.34. The highest BCUT2D eigenvalue weighted by Gasteiger charge is 2.31. The van der Waals surface area contributed by atoms with E-state index in [1.165, 1.54) is 4.88 Å². The summed E-state index contributed by atoms with van der Waals surface area (Å²) in [5.74, 6) is 1.64. The predicted octanol–water partition coefficient (Wildman–Crippen LogP) is 4.00. The van der Waals surface area contributed by atoms with Crippen LogP contribution in [0.3, 0.4) is 0 Å². The van der Waals surface area contributed by atoms with Gasteiger partial charge in [-0.25, -0.2) is 0 Å². The van der Waals surface area contributed by atoms with Crippen molar-refractivity contribution in [3.63, 3.8) is 0 Å². The highest BCUT2D eigenvalue weighted by molar-refractivity contribution is 9.10. The Morgan fingerprint density at radius 1 is 1.35 bits per heavy atom. The van der Waals surface area contributed by atoms with Crippen LogP contribution in [0.15, 0.2) is 40.2 Å². The predicted molar refractivity (Wildman–Crippen MR) is 84.8 cm³/mol. The SMILES string of the molecule is CCNC(c1sccc1Br)C1COc2ccccc2O1. The van der Waals surface area contributed by atoms with Gasteiger partial charge in [0.1, 0.15) is 6.61 Å². The largest absolute Gasteiger partial charge is 0.486 e. The van der Waals surface area contributed by atoms with Crippen molar-refractivity contribution in [3.05, 3.63) is 45.1 Å². The average Bonchev–Trinajstić information content (AvgIpc) is 2.90.